The Labute approximate surface area is 165 Å². The summed E-state index contributed by atoms with van der Waals surface area (Å²) in [6, 6.07) is 6.69. The normalized spacial score (nSPS) is 19.2. The molecule has 0 saturated heterocycles. The van der Waals surface area contributed by atoms with Crippen molar-refractivity contribution in [1.82, 2.24) is 10.2 Å². The Morgan fingerprint density at radius 3 is 2.41 bits per heavy atom. The predicted octanol–water partition coefficient (Wildman–Crippen LogP) is 3.04. The molecule has 0 aliphatic heterocycles. The minimum absolute atomic E-state index is 0.0112. The third kappa shape index (κ3) is 6.86. The van der Waals surface area contributed by atoms with Gasteiger partial charge in [0.15, 0.2) is 6.61 Å². The van der Waals surface area contributed by atoms with Crippen LogP contribution < -0.4 is 5.32 Å². The molecule has 0 heterocycles. The molecule has 1 fully saturated rings. The van der Waals surface area contributed by atoms with Gasteiger partial charge in [0.05, 0.1) is 6.42 Å². The number of esters is 1. The van der Waals surface area contributed by atoms with Crippen molar-refractivity contribution in [3.05, 3.63) is 34.9 Å². The Bertz CT molecular complexity index is 654. The van der Waals surface area contributed by atoms with Crippen LogP contribution in [0.15, 0.2) is 24.3 Å². The lowest BCUT2D eigenvalue weighted by atomic mass is 9.87. The molecule has 1 N–H and O–H groups in total. The molecule has 27 heavy (non-hydrogen) atoms. The van der Waals surface area contributed by atoms with E-state index in [1.165, 1.54) is 0 Å². The molecule has 2 rings (SSSR count). The summed E-state index contributed by atoms with van der Waals surface area (Å²) in [5.74, 6) is -0.272. The summed E-state index contributed by atoms with van der Waals surface area (Å²) in [6.07, 6.45) is 4.24. The topological polar surface area (TPSA) is 75.7 Å². The van der Waals surface area contributed by atoms with E-state index < -0.39 is 5.97 Å². The van der Waals surface area contributed by atoms with E-state index in [0.717, 1.165) is 25.7 Å². The molecule has 7 heteroatoms. The SMILES string of the molecule is CC1CCC(N(C)C(=O)COC(=O)CCNC(=O)c2ccc(Cl)cc2)CC1. The first-order chi connectivity index (χ1) is 12.9. The summed E-state index contributed by atoms with van der Waals surface area (Å²) >= 11 is 5.78. The van der Waals surface area contributed by atoms with Crippen LogP contribution in [0.2, 0.25) is 5.02 Å². The summed E-state index contributed by atoms with van der Waals surface area (Å²) in [6.45, 7) is 2.11. The molecule has 0 atom stereocenters. The number of benzene rings is 1. The second-order valence-corrected chi connectivity index (χ2v) is 7.53. The minimum atomic E-state index is -0.509. The van der Waals surface area contributed by atoms with Gasteiger partial charge in [-0.15, -0.1) is 0 Å². The van der Waals surface area contributed by atoms with Gasteiger partial charge in [-0.1, -0.05) is 18.5 Å². The third-order valence-corrected chi connectivity index (χ3v) is 5.26. The van der Waals surface area contributed by atoms with Crippen molar-refractivity contribution in [1.29, 1.82) is 0 Å². The molecule has 1 aliphatic rings. The summed E-state index contributed by atoms with van der Waals surface area (Å²) < 4.78 is 5.04. The highest BCUT2D eigenvalue weighted by Crippen LogP contribution is 2.26. The van der Waals surface area contributed by atoms with Gasteiger partial charge < -0.3 is 15.0 Å². The first-order valence-electron chi connectivity index (χ1n) is 9.32. The molecule has 0 spiro atoms. The first kappa shape index (κ1) is 21.2. The van der Waals surface area contributed by atoms with Gasteiger partial charge in [0, 0.05) is 30.2 Å². The van der Waals surface area contributed by atoms with Gasteiger partial charge in [0.1, 0.15) is 0 Å². The maximum atomic E-state index is 12.2. The molecule has 1 saturated carbocycles. The van der Waals surface area contributed by atoms with Crippen molar-refractivity contribution >= 4 is 29.4 Å². The van der Waals surface area contributed by atoms with Crippen LogP contribution in [0, 0.1) is 5.92 Å². The number of hydrogen-bond acceptors (Lipinski definition) is 4. The fraction of sp³-hybridized carbons (Fsp3) is 0.550. The quantitative estimate of drug-likeness (QED) is 0.721. The average molecular weight is 395 g/mol. The smallest absolute Gasteiger partial charge is 0.308 e. The van der Waals surface area contributed by atoms with Gasteiger partial charge in [-0.3, -0.25) is 14.4 Å². The molecule has 148 valence electrons. The van der Waals surface area contributed by atoms with Gasteiger partial charge in [-0.25, -0.2) is 0 Å². The zero-order valence-corrected chi connectivity index (χ0v) is 16.6. The number of nitrogens with one attached hydrogen (secondary N) is 1. The summed E-state index contributed by atoms with van der Waals surface area (Å²) in [5.41, 5.74) is 0.464. The number of carbonyl (C=O) groups is 3. The average Bonchev–Trinajstić information content (AvgIpc) is 2.66. The Morgan fingerprint density at radius 1 is 1.15 bits per heavy atom. The number of hydrogen-bond donors (Lipinski definition) is 1. The number of amides is 2. The van der Waals surface area contributed by atoms with E-state index in [0.29, 0.717) is 16.5 Å². The maximum absolute atomic E-state index is 12.2. The molecule has 1 aromatic carbocycles. The Balaban J connectivity index is 1.64. The molecular weight excluding hydrogens is 368 g/mol. The number of likely N-dealkylation sites (N-methyl/N-ethyl adjacent to an activating group) is 1. The van der Waals surface area contributed by atoms with Gasteiger partial charge in [0.25, 0.3) is 11.8 Å². The maximum Gasteiger partial charge on any atom is 0.308 e. The van der Waals surface area contributed by atoms with Crippen molar-refractivity contribution < 1.29 is 19.1 Å². The largest absolute Gasteiger partial charge is 0.456 e. The lowest BCUT2D eigenvalue weighted by Crippen LogP contribution is -2.41. The van der Waals surface area contributed by atoms with E-state index in [-0.39, 0.29) is 37.4 Å². The number of ether oxygens (including phenoxy) is 1. The molecular formula is C20H27ClN2O4. The molecule has 6 nitrogen and oxygen atoms in total. The van der Waals surface area contributed by atoms with E-state index in [1.54, 1.807) is 36.2 Å². The van der Waals surface area contributed by atoms with E-state index >= 15 is 0 Å². The predicted molar refractivity (Wildman–Crippen MR) is 104 cm³/mol. The number of halogens is 1. The summed E-state index contributed by atoms with van der Waals surface area (Å²) in [5, 5.41) is 3.19. The highest BCUT2D eigenvalue weighted by Gasteiger charge is 2.25. The fourth-order valence-corrected chi connectivity index (χ4v) is 3.26. The van der Waals surface area contributed by atoms with Crippen molar-refractivity contribution in [3.8, 4) is 0 Å². The van der Waals surface area contributed by atoms with Crippen molar-refractivity contribution in [2.45, 2.75) is 45.1 Å². The fourth-order valence-electron chi connectivity index (χ4n) is 3.13. The van der Waals surface area contributed by atoms with Gasteiger partial charge in [0.2, 0.25) is 0 Å². The summed E-state index contributed by atoms with van der Waals surface area (Å²) in [4.78, 5) is 37.6. The summed E-state index contributed by atoms with van der Waals surface area (Å²) in [7, 11) is 1.77. The number of rotatable bonds is 7. The zero-order valence-electron chi connectivity index (χ0n) is 15.9. The monoisotopic (exact) mass is 394 g/mol. The lowest BCUT2D eigenvalue weighted by molar-refractivity contribution is -0.152. The second-order valence-electron chi connectivity index (χ2n) is 7.09. The molecule has 1 aliphatic carbocycles. The molecule has 0 unspecified atom stereocenters. The molecule has 0 radical (unpaired) electrons. The van der Waals surface area contributed by atoms with Crippen molar-refractivity contribution in [2.75, 3.05) is 20.2 Å². The lowest BCUT2D eigenvalue weighted by Gasteiger charge is -2.33. The van der Waals surface area contributed by atoms with Gasteiger partial charge >= 0.3 is 5.97 Å². The third-order valence-electron chi connectivity index (χ3n) is 5.00. The zero-order chi connectivity index (χ0) is 19.8. The van der Waals surface area contributed by atoms with Crippen LogP contribution in [-0.2, 0) is 14.3 Å². The highest BCUT2D eigenvalue weighted by molar-refractivity contribution is 6.30. The van der Waals surface area contributed by atoms with Crippen LogP contribution in [-0.4, -0.2) is 48.9 Å². The van der Waals surface area contributed by atoms with E-state index in [1.807, 2.05) is 0 Å². The van der Waals surface area contributed by atoms with Crippen LogP contribution in [0.5, 0.6) is 0 Å². The van der Waals surface area contributed by atoms with Crippen molar-refractivity contribution in [3.63, 3.8) is 0 Å². The highest BCUT2D eigenvalue weighted by atomic mass is 35.5. The second kappa shape index (κ2) is 10.3. The standard InChI is InChI=1S/C20H27ClN2O4/c1-14-3-9-17(10-4-14)23(2)18(24)13-27-19(25)11-12-22-20(26)15-5-7-16(21)8-6-15/h5-8,14,17H,3-4,9-13H2,1-2H3,(H,22,26). The van der Waals surface area contributed by atoms with Gasteiger partial charge in [-0.05, 0) is 55.9 Å². The Morgan fingerprint density at radius 2 is 1.78 bits per heavy atom. The van der Waals surface area contributed by atoms with E-state index in [2.05, 4.69) is 12.2 Å². The van der Waals surface area contributed by atoms with E-state index in [4.69, 9.17) is 16.3 Å². The molecule has 2 amide bonds. The number of nitrogens with zero attached hydrogens (tertiary/aromatic N) is 1. The van der Waals surface area contributed by atoms with E-state index in [9.17, 15) is 14.4 Å². The molecule has 0 aromatic heterocycles. The van der Waals surface area contributed by atoms with Crippen LogP contribution >= 0.6 is 11.6 Å². The van der Waals surface area contributed by atoms with Crippen LogP contribution in [0.3, 0.4) is 0 Å². The Hall–Kier alpha value is -2.08. The van der Waals surface area contributed by atoms with Crippen LogP contribution in [0.1, 0.15) is 49.4 Å². The minimum Gasteiger partial charge on any atom is -0.456 e. The first-order valence-corrected chi connectivity index (χ1v) is 9.69. The van der Waals surface area contributed by atoms with Gasteiger partial charge in [-0.2, -0.15) is 0 Å². The molecule has 0 bridgehead atoms. The Kier molecular flexibility index (Phi) is 8.10. The van der Waals surface area contributed by atoms with Crippen LogP contribution in [0.25, 0.3) is 0 Å². The number of carbonyl (C=O) groups excluding carboxylic acids is 3. The van der Waals surface area contributed by atoms with Crippen LogP contribution in [0.4, 0.5) is 0 Å². The van der Waals surface area contributed by atoms with Crippen molar-refractivity contribution in [2.24, 2.45) is 5.92 Å². The molecule has 1 aromatic rings.